The van der Waals surface area contributed by atoms with Crippen LogP contribution in [0.25, 0.3) is 0 Å². The molecule has 3 aromatic carbocycles. The first-order valence-corrected chi connectivity index (χ1v) is 9.41. The molecule has 0 aliphatic rings. The third kappa shape index (κ3) is 5.52. The van der Waals surface area contributed by atoms with Crippen molar-refractivity contribution < 1.29 is 4.74 Å². The molecule has 3 heteroatoms. The van der Waals surface area contributed by atoms with E-state index in [0.29, 0.717) is 6.61 Å². The number of ether oxygens (including phenoxy) is 1. The van der Waals surface area contributed by atoms with Crippen LogP contribution < -0.4 is 4.74 Å². The van der Waals surface area contributed by atoms with Gasteiger partial charge in [0, 0.05) is 14.7 Å². The van der Waals surface area contributed by atoms with E-state index in [0.717, 1.165) is 5.75 Å². The van der Waals surface area contributed by atoms with Gasteiger partial charge in [-0.2, -0.15) is 0 Å². The SMILES string of the molecule is C(/Sc1ccccc1)=C(\COc1ccccc1)Sc1ccccc1. The highest BCUT2D eigenvalue weighted by Gasteiger charge is 2.03. The number of hydrogen-bond acceptors (Lipinski definition) is 3. The zero-order valence-corrected chi connectivity index (χ0v) is 14.8. The average Bonchev–Trinajstić information content (AvgIpc) is 2.66. The van der Waals surface area contributed by atoms with Gasteiger partial charge in [0.2, 0.25) is 0 Å². The van der Waals surface area contributed by atoms with Crippen molar-refractivity contribution in [3.63, 3.8) is 0 Å². The Labute approximate surface area is 151 Å². The first-order chi connectivity index (χ1) is 11.9. The Bertz CT molecular complexity index is 756. The molecule has 3 aromatic rings. The smallest absolute Gasteiger partial charge is 0.120 e. The molecule has 0 N–H and O–H groups in total. The van der Waals surface area contributed by atoms with Crippen LogP contribution in [0.15, 0.2) is 111 Å². The van der Waals surface area contributed by atoms with E-state index in [1.165, 1.54) is 14.7 Å². The molecule has 0 fully saturated rings. The Morgan fingerprint density at radius 3 is 1.88 bits per heavy atom. The molecule has 3 rings (SSSR count). The van der Waals surface area contributed by atoms with Gasteiger partial charge < -0.3 is 4.74 Å². The van der Waals surface area contributed by atoms with Crippen LogP contribution in [0.1, 0.15) is 0 Å². The normalized spacial score (nSPS) is 11.2. The van der Waals surface area contributed by atoms with Gasteiger partial charge in [0.1, 0.15) is 12.4 Å². The molecule has 0 saturated heterocycles. The summed E-state index contributed by atoms with van der Waals surface area (Å²) in [6.45, 7) is 0.559. The molecule has 0 aliphatic heterocycles. The second kappa shape index (κ2) is 9.26. The van der Waals surface area contributed by atoms with E-state index in [1.54, 1.807) is 23.5 Å². The fraction of sp³-hybridized carbons (Fsp3) is 0.0476. The van der Waals surface area contributed by atoms with Crippen molar-refractivity contribution in [2.45, 2.75) is 9.79 Å². The maximum absolute atomic E-state index is 5.93. The molecule has 0 spiro atoms. The minimum atomic E-state index is 0.559. The van der Waals surface area contributed by atoms with Gasteiger partial charge in [-0.15, -0.1) is 0 Å². The van der Waals surface area contributed by atoms with Gasteiger partial charge in [0.05, 0.1) is 0 Å². The molecule has 120 valence electrons. The Morgan fingerprint density at radius 1 is 0.708 bits per heavy atom. The zero-order valence-electron chi connectivity index (χ0n) is 13.2. The van der Waals surface area contributed by atoms with E-state index >= 15 is 0 Å². The summed E-state index contributed by atoms with van der Waals surface area (Å²) in [5.74, 6) is 0.891. The summed E-state index contributed by atoms with van der Waals surface area (Å²) in [5, 5.41) is 2.18. The van der Waals surface area contributed by atoms with E-state index < -0.39 is 0 Å². The van der Waals surface area contributed by atoms with Crippen molar-refractivity contribution in [1.82, 2.24) is 0 Å². The summed E-state index contributed by atoms with van der Waals surface area (Å²) in [6, 6.07) is 30.7. The van der Waals surface area contributed by atoms with E-state index in [1.807, 2.05) is 42.5 Å². The fourth-order valence-corrected chi connectivity index (χ4v) is 3.73. The minimum absolute atomic E-state index is 0.559. The lowest BCUT2D eigenvalue weighted by Gasteiger charge is -2.10. The molecule has 0 aliphatic carbocycles. The maximum Gasteiger partial charge on any atom is 0.120 e. The average molecular weight is 351 g/mol. The second-order valence-electron chi connectivity index (χ2n) is 5.03. The third-order valence-corrected chi connectivity index (χ3v) is 5.29. The lowest BCUT2D eigenvalue weighted by atomic mass is 10.3. The van der Waals surface area contributed by atoms with Crippen molar-refractivity contribution >= 4 is 23.5 Å². The van der Waals surface area contributed by atoms with Gasteiger partial charge in [-0.05, 0) is 41.8 Å². The molecule has 0 atom stereocenters. The molecule has 0 amide bonds. The van der Waals surface area contributed by atoms with Crippen LogP contribution in [0.5, 0.6) is 5.75 Å². The van der Waals surface area contributed by atoms with Gasteiger partial charge in [-0.3, -0.25) is 0 Å². The molecule has 0 bridgehead atoms. The maximum atomic E-state index is 5.93. The molecule has 0 aromatic heterocycles. The Balaban J connectivity index is 1.70. The Hall–Kier alpha value is -2.10. The van der Waals surface area contributed by atoms with Gasteiger partial charge in [-0.1, -0.05) is 78.1 Å². The van der Waals surface area contributed by atoms with Gasteiger partial charge >= 0.3 is 0 Å². The first-order valence-electron chi connectivity index (χ1n) is 7.72. The lowest BCUT2D eigenvalue weighted by molar-refractivity contribution is 0.360. The van der Waals surface area contributed by atoms with Crippen molar-refractivity contribution in [3.05, 3.63) is 101 Å². The molecular formula is C21H18OS2. The standard InChI is InChI=1S/C21H18OS2/c1-4-10-18(11-5-1)22-16-21(24-20-14-8-3-9-15-20)17-23-19-12-6-2-7-13-19/h1-15,17H,16H2/b21-17-. The van der Waals surface area contributed by atoms with Crippen LogP contribution in [-0.4, -0.2) is 6.61 Å². The summed E-state index contributed by atoms with van der Waals surface area (Å²) < 4.78 is 5.93. The number of benzene rings is 3. The molecule has 1 nitrogen and oxygen atoms in total. The van der Waals surface area contributed by atoms with Crippen molar-refractivity contribution in [2.24, 2.45) is 0 Å². The molecule has 24 heavy (non-hydrogen) atoms. The number of thioether (sulfide) groups is 2. The molecule has 0 unspecified atom stereocenters. The second-order valence-corrected chi connectivity index (χ2v) is 7.17. The van der Waals surface area contributed by atoms with Crippen LogP contribution in [0, 0.1) is 0 Å². The molecular weight excluding hydrogens is 332 g/mol. The highest BCUT2D eigenvalue weighted by molar-refractivity contribution is 8.06. The summed E-state index contributed by atoms with van der Waals surface area (Å²) in [7, 11) is 0. The van der Waals surface area contributed by atoms with Gasteiger partial charge in [-0.25, -0.2) is 0 Å². The fourth-order valence-electron chi connectivity index (χ4n) is 2.03. The monoisotopic (exact) mass is 350 g/mol. The summed E-state index contributed by atoms with van der Waals surface area (Å²) in [6.07, 6.45) is 0. The summed E-state index contributed by atoms with van der Waals surface area (Å²) in [5.41, 5.74) is 0. The minimum Gasteiger partial charge on any atom is -0.488 e. The van der Waals surface area contributed by atoms with E-state index in [9.17, 15) is 0 Å². The molecule has 0 radical (unpaired) electrons. The summed E-state index contributed by atoms with van der Waals surface area (Å²) in [4.78, 5) is 3.62. The topological polar surface area (TPSA) is 9.23 Å². The van der Waals surface area contributed by atoms with E-state index in [4.69, 9.17) is 4.74 Å². The number of rotatable bonds is 7. The van der Waals surface area contributed by atoms with E-state index in [2.05, 4.69) is 53.9 Å². The highest BCUT2D eigenvalue weighted by Crippen LogP contribution is 2.31. The molecule has 0 saturated carbocycles. The van der Waals surface area contributed by atoms with Crippen LogP contribution in [-0.2, 0) is 0 Å². The predicted octanol–water partition coefficient (Wildman–Crippen LogP) is 6.49. The van der Waals surface area contributed by atoms with Crippen LogP contribution in [0.3, 0.4) is 0 Å². The Kier molecular flexibility index (Phi) is 6.46. The van der Waals surface area contributed by atoms with E-state index in [-0.39, 0.29) is 0 Å². The van der Waals surface area contributed by atoms with Crippen LogP contribution in [0.4, 0.5) is 0 Å². The zero-order chi connectivity index (χ0) is 16.5. The third-order valence-electron chi connectivity index (χ3n) is 3.19. The van der Waals surface area contributed by atoms with Crippen LogP contribution >= 0.6 is 23.5 Å². The Morgan fingerprint density at radius 2 is 1.25 bits per heavy atom. The van der Waals surface area contributed by atoms with Gasteiger partial charge in [0.15, 0.2) is 0 Å². The largest absolute Gasteiger partial charge is 0.488 e. The van der Waals surface area contributed by atoms with Gasteiger partial charge in [0.25, 0.3) is 0 Å². The molecule has 0 heterocycles. The predicted molar refractivity (Wildman–Crippen MR) is 105 cm³/mol. The first kappa shape index (κ1) is 16.7. The van der Waals surface area contributed by atoms with Crippen molar-refractivity contribution in [2.75, 3.05) is 6.61 Å². The summed E-state index contributed by atoms with van der Waals surface area (Å²) >= 11 is 3.46. The van der Waals surface area contributed by atoms with Crippen molar-refractivity contribution in [1.29, 1.82) is 0 Å². The highest BCUT2D eigenvalue weighted by atomic mass is 32.2. The number of hydrogen-bond donors (Lipinski definition) is 0. The number of para-hydroxylation sites is 1. The van der Waals surface area contributed by atoms with Crippen molar-refractivity contribution in [3.8, 4) is 5.75 Å². The lowest BCUT2D eigenvalue weighted by Crippen LogP contribution is -1.98. The quantitative estimate of drug-likeness (QED) is 0.451. The van der Waals surface area contributed by atoms with Crippen LogP contribution in [0.2, 0.25) is 0 Å².